The van der Waals surface area contributed by atoms with Crippen LogP contribution >= 0.6 is 11.8 Å². The highest BCUT2D eigenvalue weighted by atomic mass is 32.2. The molecular weight excluding hydrogens is 208 g/mol. The average Bonchev–Trinajstić information content (AvgIpc) is 2.25. The molecule has 1 rings (SSSR count). The number of aryl methyl sites for hydroxylation is 1. The zero-order valence-electron chi connectivity index (χ0n) is 9.37. The van der Waals surface area contributed by atoms with Gasteiger partial charge in [0.15, 0.2) is 0 Å². The zero-order chi connectivity index (χ0) is 11.3. The van der Waals surface area contributed by atoms with Crippen molar-refractivity contribution in [2.45, 2.75) is 25.2 Å². The molecule has 0 amide bonds. The van der Waals surface area contributed by atoms with E-state index in [4.69, 9.17) is 4.74 Å². The van der Waals surface area contributed by atoms with Crippen molar-refractivity contribution in [1.82, 2.24) is 0 Å². The van der Waals surface area contributed by atoms with Crippen molar-refractivity contribution in [3.8, 4) is 0 Å². The molecule has 0 heterocycles. The fraction of sp³-hybridized carbons (Fsp3) is 0.417. The van der Waals surface area contributed by atoms with Gasteiger partial charge in [0.1, 0.15) is 0 Å². The molecule has 2 nitrogen and oxygen atoms in total. The Balaban J connectivity index is 2.83. The molecule has 0 aliphatic rings. The largest absolute Gasteiger partial charge is 0.465 e. The Bertz CT molecular complexity index is 347. The van der Waals surface area contributed by atoms with Crippen molar-refractivity contribution < 1.29 is 9.53 Å². The van der Waals surface area contributed by atoms with E-state index in [-0.39, 0.29) is 5.97 Å². The van der Waals surface area contributed by atoms with Crippen LogP contribution < -0.4 is 0 Å². The minimum absolute atomic E-state index is 0.264. The molecule has 0 N–H and O–H groups in total. The van der Waals surface area contributed by atoms with Gasteiger partial charge in [0.2, 0.25) is 0 Å². The Morgan fingerprint density at radius 3 is 2.73 bits per heavy atom. The third-order valence-electron chi connectivity index (χ3n) is 2.08. The van der Waals surface area contributed by atoms with Crippen molar-refractivity contribution in [3.05, 3.63) is 29.3 Å². The lowest BCUT2D eigenvalue weighted by Gasteiger charge is -2.06. The number of rotatable bonds is 4. The van der Waals surface area contributed by atoms with Gasteiger partial charge >= 0.3 is 5.97 Å². The molecule has 0 fully saturated rings. The summed E-state index contributed by atoms with van der Waals surface area (Å²) in [6.45, 7) is 4.09. The number of hydrogen-bond donors (Lipinski definition) is 0. The molecule has 15 heavy (non-hydrogen) atoms. The van der Waals surface area contributed by atoms with Gasteiger partial charge in [-0.1, -0.05) is 6.92 Å². The number of carbonyl (C=O) groups excluding carboxylic acids is 1. The highest BCUT2D eigenvalue weighted by Crippen LogP contribution is 2.22. The van der Waals surface area contributed by atoms with Crippen LogP contribution in [0.2, 0.25) is 0 Å². The number of carbonyl (C=O) groups is 1. The van der Waals surface area contributed by atoms with Gasteiger partial charge in [0, 0.05) is 4.90 Å². The molecule has 0 aromatic heterocycles. The fourth-order valence-electron chi connectivity index (χ4n) is 1.28. The van der Waals surface area contributed by atoms with Gasteiger partial charge < -0.3 is 4.74 Å². The number of hydrogen-bond acceptors (Lipinski definition) is 3. The van der Waals surface area contributed by atoms with Crippen LogP contribution in [0.1, 0.15) is 29.3 Å². The van der Waals surface area contributed by atoms with Crippen molar-refractivity contribution in [2.75, 3.05) is 12.9 Å². The van der Waals surface area contributed by atoms with E-state index < -0.39 is 0 Å². The first-order chi connectivity index (χ1) is 7.19. The Morgan fingerprint density at radius 2 is 2.20 bits per heavy atom. The van der Waals surface area contributed by atoms with Gasteiger partial charge in [-0.2, -0.15) is 0 Å². The molecule has 82 valence electrons. The van der Waals surface area contributed by atoms with Crippen LogP contribution in [0.3, 0.4) is 0 Å². The molecule has 0 bridgehead atoms. The highest BCUT2D eigenvalue weighted by Gasteiger charge is 2.08. The van der Waals surface area contributed by atoms with Crippen LogP contribution in [0.5, 0.6) is 0 Å². The minimum atomic E-state index is -0.264. The summed E-state index contributed by atoms with van der Waals surface area (Å²) in [6, 6.07) is 5.84. The first kappa shape index (κ1) is 12.1. The monoisotopic (exact) mass is 224 g/mol. The standard InChI is InChI=1S/C12H16O2S/c1-4-7-15-10-5-6-11(9(2)8-10)12(13)14-3/h5-6,8H,4,7H2,1-3H3. The molecule has 1 aromatic rings. The van der Waals surface area contributed by atoms with Gasteiger partial charge in [-0.15, -0.1) is 11.8 Å². The number of methoxy groups -OCH3 is 1. The summed E-state index contributed by atoms with van der Waals surface area (Å²) in [5.74, 6) is 0.844. The maximum Gasteiger partial charge on any atom is 0.338 e. The second-order valence-corrected chi connectivity index (χ2v) is 4.49. The summed E-state index contributed by atoms with van der Waals surface area (Å²) < 4.78 is 4.69. The van der Waals surface area contributed by atoms with E-state index in [1.54, 1.807) is 0 Å². The number of benzene rings is 1. The second kappa shape index (κ2) is 5.81. The molecule has 0 aliphatic carbocycles. The quantitative estimate of drug-likeness (QED) is 0.580. The van der Waals surface area contributed by atoms with E-state index in [2.05, 4.69) is 6.92 Å². The molecule has 0 atom stereocenters. The Hall–Kier alpha value is -0.960. The van der Waals surface area contributed by atoms with Crippen LogP contribution in [0, 0.1) is 6.92 Å². The van der Waals surface area contributed by atoms with Crippen molar-refractivity contribution >= 4 is 17.7 Å². The molecule has 0 saturated heterocycles. The van der Waals surface area contributed by atoms with Crippen LogP contribution in [0.25, 0.3) is 0 Å². The van der Waals surface area contributed by atoms with Crippen molar-refractivity contribution in [3.63, 3.8) is 0 Å². The lowest BCUT2D eigenvalue weighted by atomic mass is 10.1. The second-order valence-electron chi connectivity index (χ2n) is 3.32. The predicted molar refractivity (Wildman–Crippen MR) is 63.5 cm³/mol. The van der Waals surface area contributed by atoms with E-state index in [1.165, 1.54) is 12.0 Å². The number of thioether (sulfide) groups is 1. The topological polar surface area (TPSA) is 26.3 Å². The van der Waals surface area contributed by atoms with Crippen LogP contribution in [0.15, 0.2) is 23.1 Å². The highest BCUT2D eigenvalue weighted by molar-refractivity contribution is 7.99. The zero-order valence-corrected chi connectivity index (χ0v) is 10.2. The van der Waals surface area contributed by atoms with E-state index in [0.717, 1.165) is 17.7 Å². The molecule has 0 aliphatic heterocycles. The average molecular weight is 224 g/mol. The summed E-state index contributed by atoms with van der Waals surface area (Å²) in [5, 5.41) is 0. The molecule has 0 radical (unpaired) electrons. The number of ether oxygens (including phenoxy) is 1. The maximum absolute atomic E-state index is 11.3. The van der Waals surface area contributed by atoms with Gasteiger partial charge in [0.05, 0.1) is 12.7 Å². The van der Waals surface area contributed by atoms with E-state index >= 15 is 0 Å². The fourth-order valence-corrected chi connectivity index (χ4v) is 2.15. The predicted octanol–water partition coefficient (Wildman–Crippen LogP) is 3.28. The molecule has 3 heteroatoms. The SMILES string of the molecule is CCCSc1ccc(C(=O)OC)c(C)c1. The van der Waals surface area contributed by atoms with Crippen molar-refractivity contribution in [1.29, 1.82) is 0 Å². The first-order valence-corrected chi connectivity index (χ1v) is 5.99. The van der Waals surface area contributed by atoms with Crippen LogP contribution in [0.4, 0.5) is 0 Å². The lowest BCUT2D eigenvalue weighted by molar-refractivity contribution is 0.0600. The van der Waals surface area contributed by atoms with Crippen LogP contribution in [-0.2, 0) is 4.74 Å². The maximum atomic E-state index is 11.3. The Kier molecular flexibility index (Phi) is 4.69. The Labute approximate surface area is 95.0 Å². The summed E-state index contributed by atoms with van der Waals surface area (Å²) in [4.78, 5) is 12.5. The third kappa shape index (κ3) is 3.27. The first-order valence-electron chi connectivity index (χ1n) is 5.00. The van der Waals surface area contributed by atoms with E-state index in [0.29, 0.717) is 5.56 Å². The summed E-state index contributed by atoms with van der Waals surface area (Å²) in [6.07, 6.45) is 1.16. The van der Waals surface area contributed by atoms with Gasteiger partial charge in [-0.3, -0.25) is 0 Å². The van der Waals surface area contributed by atoms with Gasteiger partial charge in [0.25, 0.3) is 0 Å². The van der Waals surface area contributed by atoms with Crippen molar-refractivity contribution in [2.24, 2.45) is 0 Å². The van der Waals surface area contributed by atoms with E-state index in [9.17, 15) is 4.79 Å². The molecule has 0 unspecified atom stereocenters. The molecule has 0 spiro atoms. The third-order valence-corrected chi connectivity index (χ3v) is 3.28. The van der Waals surface area contributed by atoms with Gasteiger partial charge in [-0.25, -0.2) is 4.79 Å². The molecular formula is C12H16O2S. The van der Waals surface area contributed by atoms with Gasteiger partial charge in [-0.05, 0) is 42.9 Å². The summed E-state index contributed by atoms with van der Waals surface area (Å²) >= 11 is 1.81. The van der Waals surface area contributed by atoms with E-state index in [1.807, 2.05) is 36.9 Å². The summed E-state index contributed by atoms with van der Waals surface area (Å²) in [5.41, 5.74) is 1.63. The smallest absolute Gasteiger partial charge is 0.338 e. The van der Waals surface area contributed by atoms with Crippen LogP contribution in [-0.4, -0.2) is 18.8 Å². The minimum Gasteiger partial charge on any atom is -0.465 e. The molecule has 1 aromatic carbocycles. The molecule has 0 saturated carbocycles. The summed E-state index contributed by atoms with van der Waals surface area (Å²) in [7, 11) is 1.40. The lowest BCUT2D eigenvalue weighted by Crippen LogP contribution is -2.03. The Morgan fingerprint density at radius 1 is 1.47 bits per heavy atom. The normalized spacial score (nSPS) is 10.1. The number of esters is 1.